The molecule has 0 radical (unpaired) electrons. The van der Waals surface area contributed by atoms with E-state index in [1.165, 1.54) is 79.7 Å². The number of aliphatic hydroxyl groups is 1. The number of aliphatic hydroxyl groups excluding tert-OH is 1. The average molecular weight is 2040 g/mol. The summed E-state index contributed by atoms with van der Waals surface area (Å²) in [6.07, 6.45) is -0.951. The van der Waals surface area contributed by atoms with Crippen LogP contribution in [0.2, 0.25) is 0 Å². The second-order valence-corrected chi connectivity index (χ2v) is 36.2. The van der Waals surface area contributed by atoms with Crippen molar-refractivity contribution >= 4 is 129 Å². The number of carboxylic acids is 1. The highest BCUT2D eigenvalue weighted by molar-refractivity contribution is 6.02. The monoisotopic (exact) mass is 2040 g/mol. The number of aromatic nitrogens is 1. The van der Waals surface area contributed by atoms with E-state index in [0.717, 1.165) is 0 Å². The van der Waals surface area contributed by atoms with Gasteiger partial charge in [-0.05, 0) is 192 Å². The number of guanidine groups is 4. The van der Waals surface area contributed by atoms with Crippen molar-refractivity contribution in [2.24, 2.45) is 52.0 Å². The van der Waals surface area contributed by atoms with Gasteiger partial charge in [0.2, 0.25) is 88.6 Å². The zero-order chi connectivity index (χ0) is 108. The lowest BCUT2D eigenvalue weighted by Gasteiger charge is -2.29. The number of hydrogen-bond acceptors (Lipinski definition) is 26. The second kappa shape index (κ2) is 63.3. The van der Waals surface area contributed by atoms with Crippen LogP contribution in [0.15, 0.2) is 103 Å². The Labute approximate surface area is 844 Å². The molecule has 146 heavy (non-hydrogen) atoms. The number of fused-ring (bicyclic) bond motifs is 1. The van der Waals surface area contributed by atoms with E-state index in [9.17, 15) is 73.5 Å². The Hall–Kier alpha value is -15.7. The Morgan fingerprint density at radius 2 is 0.582 bits per heavy atom. The summed E-state index contributed by atoms with van der Waals surface area (Å²) >= 11 is 0. The number of nitrogens with two attached hydrogens (primary N) is 7. The summed E-state index contributed by atoms with van der Waals surface area (Å²) in [6, 6.07) is 0.691. The van der Waals surface area contributed by atoms with E-state index >= 15 is 28.8 Å². The van der Waals surface area contributed by atoms with Crippen molar-refractivity contribution in [1.82, 2.24) is 101 Å². The third kappa shape index (κ3) is 45.3. The van der Waals surface area contributed by atoms with Gasteiger partial charge >= 0.3 is 5.97 Å². The number of primary amides is 1. The number of nitrogens with one attached hydrogen (secondary N) is 23. The van der Waals surface area contributed by atoms with Gasteiger partial charge in [-0.2, -0.15) is 0 Å². The summed E-state index contributed by atoms with van der Waals surface area (Å²) in [5.74, 6) is -19.5. The van der Waals surface area contributed by atoms with Crippen LogP contribution < -0.4 is 136 Å². The molecule has 0 bridgehead atoms. The molecule has 0 unspecified atom stereocenters. The number of aromatic amines is 1. The van der Waals surface area contributed by atoms with Crippen LogP contribution in [0.3, 0.4) is 0 Å². The summed E-state index contributed by atoms with van der Waals surface area (Å²) in [5, 5.41) is 130. The first-order valence-electron chi connectivity index (χ1n) is 48.2. The lowest BCUT2D eigenvalue weighted by Crippen LogP contribution is -2.62. The molecule has 0 fully saturated rings. The molecule has 4 aromatic carbocycles. The molecule has 802 valence electrons. The van der Waals surface area contributed by atoms with Crippen molar-refractivity contribution in [3.63, 3.8) is 0 Å². The van der Waals surface area contributed by atoms with Crippen LogP contribution in [0.1, 0.15) is 166 Å². The van der Waals surface area contributed by atoms with Crippen LogP contribution in [-0.2, 0) is 102 Å². The molecule has 0 aliphatic rings. The van der Waals surface area contributed by atoms with Crippen molar-refractivity contribution in [2.75, 3.05) is 45.9 Å². The maximum Gasteiger partial charge on any atom is 0.326 e. The summed E-state index contributed by atoms with van der Waals surface area (Å²) in [7, 11) is 0. The average Bonchev–Trinajstić information content (AvgIpc) is 1.67. The molecule has 0 saturated heterocycles. The van der Waals surface area contributed by atoms with E-state index in [0.29, 0.717) is 34.0 Å². The Balaban J connectivity index is 1.49. The van der Waals surface area contributed by atoms with Gasteiger partial charge in [-0.3, -0.25) is 93.6 Å². The Bertz CT molecular complexity index is 5200. The molecule has 42 N–H and O–H groups in total. The maximum atomic E-state index is 15.2. The molecule has 14 atom stereocenters. The Morgan fingerprint density at radius 3 is 0.890 bits per heavy atom. The molecular formula is C95H146N30O21. The number of carboxylic acid groups (broad SMARTS) is 1. The summed E-state index contributed by atoms with van der Waals surface area (Å²) in [6.45, 7) is 7.24. The predicted octanol–water partition coefficient (Wildman–Crippen LogP) is -5.28. The molecule has 51 nitrogen and oxygen atoms in total. The largest absolute Gasteiger partial charge is 0.508 e. The fourth-order valence-corrected chi connectivity index (χ4v) is 15.5. The number of unbranched alkanes of at least 4 members (excludes halogenated alkanes) is 2. The number of H-pyrrole nitrogens is 1. The number of phenolic OH excluding ortho intramolecular Hbond substituents is 3. The van der Waals surface area contributed by atoms with Crippen LogP contribution in [0, 0.1) is 33.5 Å². The number of para-hydroxylation sites is 1. The highest BCUT2D eigenvalue weighted by atomic mass is 16.4. The number of benzene rings is 4. The second-order valence-electron chi connectivity index (χ2n) is 36.2. The molecule has 1 aromatic heterocycles. The minimum atomic E-state index is -2.02. The van der Waals surface area contributed by atoms with Gasteiger partial charge in [0.05, 0.1) is 13.0 Å². The number of rotatable bonds is 67. The third-order valence-electron chi connectivity index (χ3n) is 23.0. The summed E-state index contributed by atoms with van der Waals surface area (Å²) < 4.78 is 0. The molecule has 5 rings (SSSR count). The smallest absolute Gasteiger partial charge is 0.326 e. The van der Waals surface area contributed by atoms with Gasteiger partial charge < -0.3 is 166 Å². The number of hydrogen-bond donors (Lipinski definition) is 35. The first kappa shape index (κ1) is 121. The fourth-order valence-electron chi connectivity index (χ4n) is 15.5. The van der Waals surface area contributed by atoms with E-state index in [2.05, 4.69) is 101 Å². The van der Waals surface area contributed by atoms with Gasteiger partial charge in [-0.15, -0.1) is 0 Å². The van der Waals surface area contributed by atoms with E-state index in [1.807, 2.05) is 13.8 Å². The maximum absolute atomic E-state index is 15.2. The Kier molecular flexibility index (Phi) is 52.4. The molecule has 0 aliphatic carbocycles. The van der Waals surface area contributed by atoms with E-state index in [1.54, 1.807) is 44.3 Å². The molecule has 1 heterocycles. The van der Waals surface area contributed by atoms with E-state index < -0.39 is 229 Å². The van der Waals surface area contributed by atoms with Gasteiger partial charge in [0, 0.05) is 75.9 Å². The van der Waals surface area contributed by atoms with Crippen LogP contribution in [-0.4, -0.2) is 279 Å². The van der Waals surface area contributed by atoms with Crippen molar-refractivity contribution < 1.29 is 102 Å². The van der Waals surface area contributed by atoms with Crippen molar-refractivity contribution in [1.29, 1.82) is 21.6 Å². The van der Waals surface area contributed by atoms with Gasteiger partial charge in [-0.25, -0.2) is 4.79 Å². The molecule has 0 spiro atoms. The zero-order valence-electron chi connectivity index (χ0n) is 82.7. The zero-order valence-corrected chi connectivity index (χ0v) is 82.7. The number of amides is 15. The normalized spacial score (nSPS) is 14.0. The van der Waals surface area contributed by atoms with Gasteiger partial charge in [0.25, 0.3) is 0 Å². The molecule has 15 amide bonds. The molecule has 5 aromatic rings. The standard InChI is InChI=1S/C95H146N30O21/c1-51(2)42-69(112-53(5)127)83(137)120-71(44-54-24-30-58(128)31-25-54)86(140)123-74(47-57-49-111-62-17-7-6-16-61(57)62)88(142)125-76(50-126)90(144)122-73(46-56-28-34-60(130)35-29-56)85(139)119-70(43-52(3)4)84(138)121-72(45-55-26-32-59(129)33-27-55)87(141)124-75(48-77(98)131)89(143)117-67(22-14-40-109-94(103)104)81(135)113-63(18-8-10-36-96)78(132)115-66(21-13-39-108-93(101)102)80(134)116-65(20-12-38-107-92(99)100)79(133)114-64(19-9-11-37-97)82(136)118-68(91(145)146)23-15-41-110-95(105)106/h6-7,16-17,24-35,49,51-52,63-76,111,126,128-130H,8-15,18-23,36-48,50,96-97H2,1-5H3,(H2,98,131)(H,112,127)(H,113,135)(H,114,133)(H,115,132)(H,116,134)(H,117,143)(H,118,136)(H,119,139)(H,120,137)(H,121,138)(H,122,144)(H,123,140)(H,124,141)(H,125,142)(H,145,146)(H4,99,100,107)(H4,101,102,108)(H4,103,104,109)(H4,105,106,110)/t63-,64-,65-,66-,67-,68-,69-,70-,71-,72-,73-,74-,75-,76-/m0/s1. The van der Waals surface area contributed by atoms with Gasteiger partial charge in [0.1, 0.15) is 102 Å². The number of phenols is 3. The predicted molar refractivity (Wildman–Crippen MR) is 540 cm³/mol. The lowest BCUT2D eigenvalue weighted by molar-refractivity contribution is -0.142. The summed E-state index contributed by atoms with van der Waals surface area (Å²) in [4.78, 5) is 234. The van der Waals surface area contributed by atoms with Gasteiger partial charge in [0.15, 0.2) is 23.8 Å². The third-order valence-corrected chi connectivity index (χ3v) is 23.0. The highest BCUT2D eigenvalue weighted by Crippen LogP contribution is 2.23. The number of aliphatic carboxylic acids is 1. The minimum Gasteiger partial charge on any atom is -0.508 e. The van der Waals surface area contributed by atoms with Crippen molar-refractivity contribution in [3.05, 3.63) is 126 Å². The topological polar surface area (TPSA) is 884 Å². The van der Waals surface area contributed by atoms with Crippen LogP contribution >= 0.6 is 0 Å². The molecule has 0 aliphatic heterocycles. The quantitative estimate of drug-likeness (QED) is 0.00982. The number of aromatic hydroxyl groups is 3. The Morgan fingerprint density at radius 1 is 0.322 bits per heavy atom. The summed E-state index contributed by atoms with van der Waals surface area (Å²) in [5.41, 5.74) is 41.7. The first-order valence-corrected chi connectivity index (χ1v) is 48.2. The molecule has 0 saturated carbocycles. The van der Waals surface area contributed by atoms with Crippen LogP contribution in [0.5, 0.6) is 17.2 Å². The van der Waals surface area contributed by atoms with Crippen LogP contribution in [0.4, 0.5) is 0 Å². The first-order chi connectivity index (χ1) is 69.3. The number of carbonyl (C=O) groups excluding carboxylic acids is 15. The lowest BCUT2D eigenvalue weighted by atomic mass is 9.99. The van der Waals surface area contributed by atoms with Gasteiger partial charge in [-0.1, -0.05) is 82.3 Å². The SMILES string of the molecule is CC(=O)N[C@@H](CC(C)C)C(=O)N[C@@H](Cc1ccc(O)cc1)C(=O)N[C@@H](Cc1c[nH]c2ccccc12)C(=O)N[C@@H](CO)C(=O)N[C@@H](Cc1ccc(O)cc1)C(=O)N[C@@H](CC(C)C)C(=O)N[C@@H](Cc1ccc(O)cc1)C(=O)N[C@@H](CC(N)=O)C(=O)N[C@@H](CCCNC(=N)N)C(=O)N[C@@H](CCCCN)C(=O)N[C@@H](CCCNC(=N)N)C(=O)N[C@@H](CCCNC(=N)N)C(=O)N[C@@H](CCCCN)C(=O)N[C@@H](CCCNC(=N)N)C(=O)O. The van der Waals surface area contributed by atoms with E-state index in [-0.39, 0.29) is 183 Å². The molecular weight excluding hydrogens is 1900 g/mol. The fraction of sp³-hybridized carbons (Fsp3) is 0.516. The molecule has 51 heteroatoms. The highest BCUT2D eigenvalue weighted by Gasteiger charge is 2.40. The minimum absolute atomic E-state index is 0.00439. The van der Waals surface area contributed by atoms with Crippen molar-refractivity contribution in [3.8, 4) is 17.2 Å². The van der Waals surface area contributed by atoms with Crippen LogP contribution in [0.25, 0.3) is 10.9 Å². The van der Waals surface area contributed by atoms with Crippen molar-refractivity contribution in [2.45, 2.75) is 254 Å². The number of carbonyl (C=O) groups is 16. The van der Waals surface area contributed by atoms with E-state index in [4.69, 9.17) is 61.8 Å².